The molecule has 0 spiro atoms. The topological polar surface area (TPSA) is 47.3 Å². The average Bonchev–Trinajstić information content (AvgIpc) is 3.35. The third-order valence-electron chi connectivity index (χ3n) is 5.92. The Balaban J connectivity index is 2.01. The first-order valence-corrected chi connectivity index (χ1v) is 19.4. The molecule has 0 radical (unpaired) electrons. The summed E-state index contributed by atoms with van der Waals surface area (Å²) in [4.78, 5) is 22.5. The van der Waals surface area contributed by atoms with Crippen LogP contribution < -0.4 is 2.89 Å². The molecule has 4 nitrogen and oxygen atoms in total. The first-order chi connectivity index (χ1) is 14.1. The number of nitrogens with zero attached hydrogens (tertiary/aromatic N) is 3. The van der Waals surface area contributed by atoms with E-state index in [-0.39, 0.29) is 5.78 Å². The number of unbranched alkanes of at least 4 members (excludes halogenated alkanes) is 3. The molecule has 6 heteroatoms. The van der Waals surface area contributed by atoms with Gasteiger partial charge in [-0.25, -0.2) is 0 Å². The molecule has 3 heterocycles. The first-order valence-electron chi connectivity index (χ1n) is 11.1. The van der Waals surface area contributed by atoms with Gasteiger partial charge in [-0.1, -0.05) is 0 Å². The van der Waals surface area contributed by atoms with Gasteiger partial charge in [0.25, 0.3) is 0 Å². The van der Waals surface area contributed by atoms with Gasteiger partial charge >= 0.3 is 183 Å². The Bertz CT molecular complexity index is 897. The van der Waals surface area contributed by atoms with Gasteiger partial charge in [0, 0.05) is 0 Å². The molecular formula is C23H33N3OSSn. The fourth-order valence-corrected chi connectivity index (χ4v) is 24.2. The summed E-state index contributed by atoms with van der Waals surface area (Å²) in [6, 6.07) is 3.55. The SMILES string of the molecule is CCC[CH2][Sn]([CH2]CCC)([CH2]CCC)[c]1cn2cnc(C(=O)c3ccncc3)c2s1. The van der Waals surface area contributed by atoms with Crippen molar-refractivity contribution in [1.82, 2.24) is 14.4 Å². The molecule has 0 saturated heterocycles. The second kappa shape index (κ2) is 10.7. The van der Waals surface area contributed by atoms with Crippen molar-refractivity contribution in [2.45, 2.75) is 72.6 Å². The molecule has 3 rings (SSSR count). The minimum atomic E-state index is -2.49. The molecule has 0 aliphatic rings. The number of carbonyl (C=O) groups is 1. The molecule has 0 N–H and O–H groups in total. The number of hydrogen-bond acceptors (Lipinski definition) is 4. The van der Waals surface area contributed by atoms with Crippen LogP contribution >= 0.6 is 11.3 Å². The van der Waals surface area contributed by atoms with Crippen LogP contribution in [0.15, 0.2) is 37.1 Å². The number of thiazole rings is 1. The molecular weight excluding hydrogens is 485 g/mol. The number of pyridine rings is 1. The van der Waals surface area contributed by atoms with Gasteiger partial charge in [0.1, 0.15) is 0 Å². The molecule has 0 bridgehead atoms. The summed E-state index contributed by atoms with van der Waals surface area (Å²) in [6.07, 6.45) is 15.4. The first kappa shape index (κ1) is 22.5. The predicted octanol–water partition coefficient (Wildman–Crippen LogP) is 6.08. The molecule has 3 aromatic heterocycles. The Hall–Kier alpha value is -1.21. The summed E-state index contributed by atoms with van der Waals surface area (Å²) in [5, 5.41) is 0. The number of ketones is 1. The molecule has 156 valence electrons. The molecule has 0 aromatic carbocycles. The zero-order chi connectivity index (χ0) is 20.7. The Kier molecular flexibility index (Phi) is 8.30. The summed E-state index contributed by atoms with van der Waals surface area (Å²) < 4.78 is 8.07. The quantitative estimate of drug-likeness (QED) is 0.216. The fourth-order valence-electron chi connectivity index (χ4n) is 4.13. The Morgan fingerprint density at radius 2 is 1.59 bits per heavy atom. The van der Waals surface area contributed by atoms with E-state index in [0.29, 0.717) is 11.3 Å². The van der Waals surface area contributed by atoms with E-state index in [2.05, 4.69) is 41.3 Å². The van der Waals surface area contributed by atoms with E-state index in [1.165, 1.54) is 51.8 Å². The number of rotatable bonds is 12. The molecule has 0 amide bonds. The van der Waals surface area contributed by atoms with Crippen LogP contribution in [-0.4, -0.2) is 38.5 Å². The average molecular weight is 518 g/mol. The number of aromatic nitrogens is 3. The molecule has 0 aliphatic heterocycles. The standard InChI is InChI=1S/C11H6N3OS.3C4H9.Sn/c15-10(8-1-3-12-4-2-8)9-11-14(7-13-9)5-6-16-11;3*1-3-4-2;/h1-5,7H;3*1,3-4H2,2H3;. The van der Waals surface area contributed by atoms with Crippen molar-refractivity contribution in [2.24, 2.45) is 0 Å². The third-order valence-corrected chi connectivity index (χ3v) is 25.2. The molecule has 0 atom stereocenters. The second-order valence-corrected chi connectivity index (χ2v) is 23.2. The zero-order valence-electron chi connectivity index (χ0n) is 18.0. The van der Waals surface area contributed by atoms with Gasteiger partial charge < -0.3 is 0 Å². The molecule has 29 heavy (non-hydrogen) atoms. The maximum atomic E-state index is 13.0. The van der Waals surface area contributed by atoms with Crippen molar-refractivity contribution in [3.05, 3.63) is 48.3 Å². The van der Waals surface area contributed by atoms with Gasteiger partial charge in [-0.2, -0.15) is 0 Å². The van der Waals surface area contributed by atoms with E-state index in [1.54, 1.807) is 27.4 Å². The number of imidazole rings is 1. The predicted molar refractivity (Wildman–Crippen MR) is 125 cm³/mol. The molecule has 0 fully saturated rings. The summed E-state index contributed by atoms with van der Waals surface area (Å²) in [5.41, 5.74) is 1.25. The summed E-state index contributed by atoms with van der Waals surface area (Å²) >= 11 is -0.619. The summed E-state index contributed by atoms with van der Waals surface area (Å²) in [7, 11) is 0. The van der Waals surface area contributed by atoms with Gasteiger partial charge in [-0.3, -0.25) is 0 Å². The maximum absolute atomic E-state index is 13.0. The van der Waals surface area contributed by atoms with Gasteiger partial charge in [0.05, 0.1) is 0 Å². The van der Waals surface area contributed by atoms with Crippen molar-refractivity contribution in [3.8, 4) is 0 Å². The molecule has 0 unspecified atom stereocenters. The Morgan fingerprint density at radius 3 is 2.14 bits per heavy atom. The van der Waals surface area contributed by atoms with Crippen LogP contribution in [0.4, 0.5) is 0 Å². The van der Waals surface area contributed by atoms with Crippen molar-refractivity contribution in [1.29, 1.82) is 0 Å². The molecule has 0 saturated carbocycles. The summed E-state index contributed by atoms with van der Waals surface area (Å²) in [5.74, 6) is -0.000209. The monoisotopic (exact) mass is 519 g/mol. The van der Waals surface area contributed by atoms with Crippen molar-refractivity contribution >= 4 is 43.2 Å². The van der Waals surface area contributed by atoms with Gasteiger partial charge in [-0.15, -0.1) is 0 Å². The Labute approximate surface area is 182 Å². The fraction of sp³-hybridized carbons (Fsp3) is 0.522. The van der Waals surface area contributed by atoms with E-state index < -0.39 is 18.4 Å². The van der Waals surface area contributed by atoms with Crippen LogP contribution in [0.1, 0.15) is 75.3 Å². The van der Waals surface area contributed by atoms with Crippen molar-refractivity contribution in [2.75, 3.05) is 0 Å². The van der Waals surface area contributed by atoms with Crippen LogP contribution in [0.25, 0.3) is 4.83 Å². The van der Waals surface area contributed by atoms with Crippen LogP contribution in [0.3, 0.4) is 0 Å². The number of fused-ring (bicyclic) bond motifs is 1. The van der Waals surface area contributed by atoms with Gasteiger partial charge in [-0.05, 0) is 0 Å². The van der Waals surface area contributed by atoms with Crippen molar-refractivity contribution < 1.29 is 4.79 Å². The van der Waals surface area contributed by atoms with E-state index in [1.807, 2.05) is 17.7 Å². The van der Waals surface area contributed by atoms with E-state index in [4.69, 9.17) is 0 Å². The van der Waals surface area contributed by atoms with Gasteiger partial charge in [0.15, 0.2) is 0 Å². The van der Waals surface area contributed by atoms with Crippen LogP contribution in [0.2, 0.25) is 13.3 Å². The van der Waals surface area contributed by atoms with Crippen LogP contribution in [0.5, 0.6) is 0 Å². The zero-order valence-corrected chi connectivity index (χ0v) is 21.7. The second-order valence-electron chi connectivity index (χ2n) is 8.06. The third kappa shape index (κ3) is 5.10. The van der Waals surface area contributed by atoms with Gasteiger partial charge in [0.2, 0.25) is 0 Å². The number of carbonyl (C=O) groups excluding carboxylic acids is 1. The molecule has 0 aliphatic carbocycles. The van der Waals surface area contributed by atoms with Crippen LogP contribution in [0, 0.1) is 0 Å². The van der Waals surface area contributed by atoms with Crippen LogP contribution in [-0.2, 0) is 0 Å². The minimum absolute atomic E-state index is 0.000209. The molecule has 3 aromatic rings. The normalized spacial score (nSPS) is 12.0. The van der Waals surface area contributed by atoms with E-state index in [9.17, 15) is 4.79 Å². The number of hydrogen-bond donors (Lipinski definition) is 0. The van der Waals surface area contributed by atoms with E-state index in [0.717, 1.165) is 4.83 Å². The Morgan fingerprint density at radius 1 is 1.00 bits per heavy atom. The van der Waals surface area contributed by atoms with Crippen molar-refractivity contribution in [3.63, 3.8) is 0 Å². The summed E-state index contributed by atoms with van der Waals surface area (Å²) in [6.45, 7) is 6.93. The van der Waals surface area contributed by atoms with E-state index >= 15 is 0 Å².